The molecule has 1 aromatic rings. The number of nitro benzene ring substituents is 1. The van der Waals surface area contributed by atoms with E-state index in [1.165, 1.54) is 19.2 Å². The Kier molecular flexibility index (Phi) is 5.29. The van der Waals surface area contributed by atoms with E-state index in [-0.39, 0.29) is 23.2 Å². The number of nitrogens with one attached hydrogen (secondary N) is 1. The summed E-state index contributed by atoms with van der Waals surface area (Å²) in [6, 6.07) is 4.36. The van der Waals surface area contributed by atoms with Gasteiger partial charge in [0, 0.05) is 5.92 Å². The highest BCUT2D eigenvalue weighted by Crippen LogP contribution is 2.29. The molecule has 104 valence electrons. The lowest BCUT2D eigenvalue weighted by Crippen LogP contribution is -2.22. The van der Waals surface area contributed by atoms with Crippen LogP contribution < -0.4 is 10.1 Å². The normalized spacial score (nSPS) is 10.3. The molecular weight excluding hydrogens is 248 g/mol. The Morgan fingerprint density at radius 2 is 2.05 bits per heavy atom. The van der Waals surface area contributed by atoms with Gasteiger partial charge in [-0.3, -0.25) is 14.9 Å². The Bertz CT molecular complexity index is 470. The molecule has 19 heavy (non-hydrogen) atoms. The second-order valence-corrected chi connectivity index (χ2v) is 4.14. The van der Waals surface area contributed by atoms with Crippen molar-refractivity contribution >= 4 is 17.3 Å². The van der Waals surface area contributed by atoms with Crippen molar-refractivity contribution < 1.29 is 14.5 Å². The molecule has 0 unspecified atom stereocenters. The highest BCUT2D eigenvalue weighted by molar-refractivity contribution is 5.94. The highest BCUT2D eigenvalue weighted by atomic mass is 16.6. The number of anilines is 1. The molecule has 6 nitrogen and oxygen atoms in total. The number of carbonyl (C=O) groups excluding carboxylic acids is 1. The van der Waals surface area contributed by atoms with E-state index in [0.717, 1.165) is 0 Å². The van der Waals surface area contributed by atoms with Gasteiger partial charge < -0.3 is 10.1 Å². The highest BCUT2D eigenvalue weighted by Gasteiger charge is 2.20. The molecule has 0 bridgehead atoms. The molecule has 0 aliphatic carbocycles. The fraction of sp³-hybridized carbons (Fsp3) is 0.462. The van der Waals surface area contributed by atoms with Crippen molar-refractivity contribution in [3.63, 3.8) is 0 Å². The third kappa shape index (κ3) is 3.67. The van der Waals surface area contributed by atoms with Crippen LogP contribution in [0.25, 0.3) is 0 Å². The van der Waals surface area contributed by atoms with Gasteiger partial charge in [0.15, 0.2) is 0 Å². The van der Waals surface area contributed by atoms with Crippen molar-refractivity contribution in [3.05, 3.63) is 28.3 Å². The van der Waals surface area contributed by atoms with Crippen LogP contribution >= 0.6 is 0 Å². The fourth-order valence-corrected chi connectivity index (χ4v) is 1.79. The third-order valence-corrected chi connectivity index (χ3v) is 3.02. The smallest absolute Gasteiger partial charge is 0.296 e. The predicted octanol–water partition coefficient (Wildman–Crippen LogP) is 2.98. The van der Waals surface area contributed by atoms with E-state index in [1.54, 1.807) is 6.07 Å². The van der Waals surface area contributed by atoms with E-state index >= 15 is 0 Å². The molecular formula is C13H18N2O4. The monoisotopic (exact) mass is 266 g/mol. The number of ether oxygens (including phenoxy) is 1. The van der Waals surface area contributed by atoms with E-state index in [4.69, 9.17) is 4.74 Å². The average molecular weight is 266 g/mol. The average Bonchev–Trinajstić information content (AvgIpc) is 2.40. The summed E-state index contributed by atoms with van der Waals surface area (Å²) < 4.78 is 4.94. The number of carbonyl (C=O) groups is 1. The van der Waals surface area contributed by atoms with Crippen LogP contribution in [0.4, 0.5) is 11.4 Å². The van der Waals surface area contributed by atoms with E-state index in [2.05, 4.69) is 5.32 Å². The van der Waals surface area contributed by atoms with Gasteiger partial charge in [-0.05, 0) is 25.0 Å². The lowest BCUT2D eigenvalue weighted by molar-refractivity contribution is -0.384. The van der Waals surface area contributed by atoms with Gasteiger partial charge in [-0.25, -0.2) is 0 Å². The van der Waals surface area contributed by atoms with Crippen LogP contribution in [0.15, 0.2) is 18.2 Å². The van der Waals surface area contributed by atoms with Gasteiger partial charge in [-0.1, -0.05) is 13.8 Å². The Hall–Kier alpha value is -2.11. The van der Waals surface area contributed by atoms with Gasteiger partial charge >= 0.3 is 0 Å². The summed E-state index contributed by atoms with van der Waals surface area (Å²) in [4.78, 5) is 22.4. The van der Waals surface area contributed by atoms with Crippen LogP contribution in [0.2, 0.25) is 0 Å². The van der Waals surface area contributed by atoms with Crippen molar-refractivity contribution in [3.8, 4) is 5.75 Å². The number of amides is 1. The van der Waals surface area contributed by atoms with Crippen LogP contribution in [-0.4, -0.2) is 17.9 Å². The van der Waals surface area contributed by atoms with E-state index in [9.17, 15) is 14.9 Å². The molecule has 0 fully saturated rings. The molecule has 0 saturated heterocycles. The summed E-state index contributed by atoms with van der Waals surface area (Å²) in [6.07, 6.45) is 1.40. The maximum absolute atomic E-state index is 11.9. The SMILES string of the molecule is CCC(CC)C(=O)Nc1ccc(OC)cc1[N+](=O)[O-]. The minimum atomic E-state index is -0.537. The van der Waals surface area contributed by atoms with Gasteiger partial charge in [0.05, 0.1) is 18.1 Å². The minimum absolute atomic E-state index is 0.137. The second-order valence-electron chi connectivity index (χ2n) is 4.14. The first-order chi connectivity index (χ1) is 9.03. The third-order valence-electron chi connectivity index (χ3n) is 3.02. The van der Waals surface area contributed by atoms with Crippen LogP contribution in [0.3, 0.4) is 0 Å². The summed E-state index contributed by atoms with van der Waals surface area (Å²) in [7, 11) is 1.43. The summed E-state index contributed by atoms with van der Waals surface area (Å²) in [5, 5.41) is 13.6. The minimum Gasteiger partial charge on any atom is -0.496 e. The summed E-state index contributed by atoms with van der Waals surface area (Å²) in [5.41, 5.74) is 0.0290. The Morgan fingerprint density at radius 1 is 1.42 bits per heavy atom. The molecule has 0 spiro atoms. The van der Waals surface area contributed by atoms with Crippen molar-refractivity contribution in [1.29, 1.82) is 0 Å². The zero-order valence-corrected chi connectivity index (χ0v) is 11.3. The Labute approximate surface area is 111 Å². The van der Waals surface area contributed by atoms with E-state index in [0.29, 0.717) is 18.6 Å². The number of benzene rings is 1. The molecule has 1 aromatic carbocycles. The van der Waals surface area contributed by atoms with Crippen molar-refractivity contribution in [2.45, 2.75) is 26.7 Å². The van der Waals surface area contributed by atoms with Crippen LogP contribution in [0.1, 0.15) is 26.7 Å². The summed E-state index contributed by atoms with van der Waals surface area (Å²) >= 11 is 0. The van der Waals surface area contributed by atoms with Gasteiger partial charge in [0.25, 0.3) is 5.69 Å². The number of rotatable bonds is 6. The number of hydrogen-bond acceptors (Lipinski definition) is 4. The molecule has 0 aromatic heterocycles. The maximum Gasteiger partial charge on any atom is 0.296 e. The Balaban J connectivity index is 3.00. The van der Waals surface area contributed by atoms with Crippen LogP contribution in [-0.2, 0) is 4.79 Å². The van der Waals surface area contributed by atoms with Crippen LogP contribution in [0.5, 0.6) is 5.75 Å². The second kappa shape index (κ2) is 6.72. The summed E-state index contributed by atoms with van der Waals surface area (Å²) in [6.45, 7) is 3.83. The van der Waals surface area contributed by atoms with E-state index < -0.39 is 4.92 Å². The predicted molar refractivity (Wildman–Crippen MR) is 72.4 cm³/mol. The molecule has 0 heterocycles. The first-order valence-corrected chi connectivity index (χ1v) is 6.16. The first-order valence-electron chi connectivity index (χ1n) is 6.16. The lowest BCUT2D eigenvalue weighted by atomic mass is 10.0. The number of hydrogen-bond donors (Lipinski definition) is 1. The van der Waals surface area contributed by atoms with Crippen molar-refractivity contribution in [1.82, 2.24) is 0 Å². The quantitative estimate of drug-likeness (QED) is 0.634. The molecule has 1 amide bonds. The number of nitro groups is 1. The fourth-order valence-electron chi connectivity index (χ4n) is 1.79. The van der Waals surface area contributed by atoms with Crippen LogP contribution in [0, 0.1) is 16.0 Å². The molecule has 1 rings (SSSR count). The largest absolute Gasteiger partial charge is 0.496 e. The number of nitrogens with zero attached hydrogens (tertiary/aromatic N) is 1. The van der Waals surface area contributed by atoms with Crippen molar-refractivity contribution in [2.75, 3.05) is 12.4 Å². The van der Waals surface area contributed by atoms with Crippen molar-refractivity contribution in [2.24, 2.45) is 5.92 Å². The zero-order chi connectivity index (χ0) is 14.4. The molecule has 0 aliphatic heterocycles. The maximum atomic E-state index is 11.9. The van der Waals surface area contributed by atoms with Gasteiger partial charge in [0.1, 0.15) is 11.4 Å². The number of methoxy groups -OCH3 is 1. The zero-order valence-electron chi connectivity index (χ0n) is 11.3. The van der Waals surface area contributed by atoms with Gasteiger partial charge in [-0.15, -0.1) is 0 Å². The lowest BCUT2D eigenvalue weighted by Gasteiger charge is -2.13. The summed E-state index contributed by atoms with van der Waals surface area (Å²) in [5.74, 6) is 0.0483. The molecule has 1 N–H and O–H groups in total. The molecule has 0 saturated carbocycles. The first kappa shape index (κ1) is 14.9. The molecule has 0 atom stereocenters. The van der Waals surface area contributed by atoms with Gasteiger partial charge in [-0.2, -0.15) is 0 Å². The molecule has 0 radical (unpaired) electrons. The Morgan fingerprint density at radius 3 is 2.53 bits per heavy atom. The topological polar surface area (TPSA) is 81.5 Å². The molecule has 6 heteroatoms. The standard InChI is InChI=1S/C13H18N2O4/c1-4-9(5-2)13(16)14-11-7-6-10(19-3)8-12(11)15(17)18/h6-9H,4-5H2,1-3H3,(H,14,16). The van der Waals surface area contributed by atoms with E-state index in [1.807, 2.05) is 13.8 Å². The van der Waals surface area contributed by atoms with Gasteiger partial charge in [0.2, 0.25) is 5.91 Å². The molecule has 0 aliphatic rings.